The first kappa shape index (κ1) is 10.2. The van der Waals surface area contributed by atoms with Gasteiger partial charge in [0, 0.05) is 24.3 Å². The first-order valence-electron chi connectivity index (χ1n) is 4.91. The number of rotatable bonds is 3. The van der Waals surface area contributed by atoms with Crippen LogP contribution in [0, 0.1) is 16.2 Å². The average molecular weight is 212 g/mol. The van der Waals surface area contributed by atoms with Crippen LogP contribution >= 0.6 is 0 Å². The summed E-state index contributed by atoms with van der Waals surface area (Å²) in [4.78, 5) is 10.7. The van der Waals surface area contributed by atoms with Gasteiger partial charge in [-0.25, -0.2) is 0 Å². The van der Waals surface area contributed by atoms with Crippen LogP contribution in [0.15, 0.2) is 60.7 Å². The highest BCUT2D eigenvalue weighted by Gasteiger charge is 2.33. The molecule has 0 spiro atoms. The first-order valence-corrected chi connectivity index (χ1v) is 4.91. The summed E-state index contributed by atoms with van der Waals surface area (Å²) in [5.74, 6) is 0. The van der Waals surface area contributed by atoms with Crippen molar-refractivity contribution in [2.75, 3.05) is 0 Å². The van der Waals surface area contributed by atoms with Gasteiger partial charge in [-0.2, -0.15) is 0 Å². The highest BCUT2D eigenvalue weighted by molar-refractivity contribution is 5.40. The fourth-order valence-corrected chi connectivity index (χ4v) is 1.57. The topological polar surface area (TPSA) is 43.1 Å². The minimum Gasteiger partial charge on any atom is -0.251 e. The number of hydrogen-bond acceptors (Lipinski definition) is 2. The maximum atomic E-state index is 11.1. The minimum atomic E-state index is -0.343. The van der Waals surface area contributed by atoms with Crippen LogP contribution in [0.4, 0.5) is 0 Å². The molecular formula is C13H10NO2+. The molecule has 0 aromatic heterocycles. The standard InChI is InChI=1S/C13H10NO2/c15-14(16)13(11-7-3-1-4-8-11)12-9-5-2-6-10-12/h1-10H/q+1. The van der Waals surface area contributed by atoms with Gasteiger partial charge in [-0.05, 0) is 36.4 Å². The van der Waals surface area contributed by atoms with Crippen molar-refractivity contribution in [3.8, 4) is 0 Å². The largest absolute Gasteiger partial charge is 0.360 e. The Morgan fingerprint density at radius 3 is 1.50 bits per heavy atom. The van der Waals surface area contributed by atoms with Crippen LogP contribution in [0.3, 0.4) is 0 Å². The van der Waals surface area contributed by atoms with Crippen molar-refractivity contribution in [3.05, 3.63) is 87.9 Å². The molecule has 0 N–H and O–H groups in total. The van der Waals surface area contributed by atoms with Crippen LogP contribution in [0.1, 0.15) is 11.1 Å². The summed E-state index contributed by atoms with van der Waals surface area (Å²) in [6.07, 6.45) is 0. The molecule has 0 aliphatic carbocycles. The van der Waals surface area contributed by atoms with Gasteiger partial charge >= 0.3 is 6.04 Å². The molecule has 0 amide bonds. The second kappa shape index (κ2) is 4.49. The maximum absolute atomic E-state index is 11.1. The minimum absolute atomic E-state index is 0.140. The average Bonchev–Trinajstić information content (AvgIpc) is 2.31. The van der Waals surface area contributed by atoms with E-state index >= 15 is 0 Å². The van der Waals surface area contributed by atoms with E-state index in [0.717, 1.165) is 0 Å². The Morgan fingerprint density at radius 2 is 1.19 bits per heavy atom. The van der Waals surface area contributed by atoms with Gasteiger partial charge in [0.1, 0.15) is 4.92 Å². The molecule has 0 heterocycles. The molecule has 78 valence electrons. The van der Waals surface area contributed by atoms with Crippen LogP contribution in [-0.2, 0) is 0 Å². The third-order valence-electron chi connectivity index (χ3n) is 2.28. The van der Waals surface area contributed by atoms with E-state index < -0.39 is 0 Å². The molecule has 0 atom stereocenters. The van der Waals surface area contributed by atoms with Crippen molar-refractivity contribution in [3.63, 3.8) is 0 Å². The van der Waals surface area contributed by atoms with Gasteiger partial charge in [-0.1, -0.05) is 0 Å². The maximum Gasteiger partial charge on any atom is 0.360 e. The summed E-state index contributed by atoms with van der Waals surface area (Å²) < 4.78 is 0. The normalized spacial score (nSPS) is 9.75. The Hall–Kier alpha value is -2.29. The Morgan fingerprint density at radius 1 is 0.812 bits per heavy atom. The smallest absolute Gasteiger partial charge is 0.251 e. The van der Waals surface area contributed by atoms with Crippen molar-refractivity contribution >= 4 is 0 Å². The van der Waals surface area contributed by atoms with E-state index in [9.17, 15) is 10.1 Å². The summed E-state index contributed by atoms with van der Waals surface area (Å²) >= 11 is 0. The lowest BCUT2D eigenvalue weighted by Gasteiger charge is -2.01. The lowest BCUT2D eigenvalue weighted by atomic mass is 10.00. The van der Waals surface area contributed by atoms with Gasteiger partial charge in [-0.3, -0.25) is 10.1 Å². The molecule has 2 rings (SSSR count). The lowest BCUT2D eigenvalue weighted by molar-refractivity contribution is -0.451. The molecule has 0 bridgehead atoms. The summed E-state index contributed by atoms with van der Waals surface area (Å²) in [6.45, 7) is 0. The van der Waals surface area contributed by atoms with Crippen molar-refractivity contribution in [2.45, 2.75) is 0 Å². The zero-order valence-corrected chi connectivity index (χ0v) is 8.54. The molecule has 3 heteroatoms. The van der Waals surface area contributed by atoms with Crippen LogP contribution < -0.4 is 0 Å². The molecule has 0 unspecified atom stereocenters. The Balaban J connectivity index is 2.44. The van der Waals surface area contributed by atoms with Gasteiger partial charge < -0.3 is 0 Å². The first-order chi connectivity index (χ1) is 7.79. The fourth-order valence-electron chi connectivity index (χ4n) is 1.57. The molecule has 2 aromatic rings. The van der Waals surface area contributed by atoms with Gasteiger partial charge in [0.2, 0.25) is 0 Å². The molecule has 0 aliphatic rings. The van der Waals surface area contributed by atoms with Crippen molar-refractivity contribution in [1.29, 1.82) is 0 Å². The summed E-state index contributed by atoms with van der Waals surface area (Å²) in [6, 6.07) is 18.0. The number of nitrogens with zero attached hydrogens (tertiary/aromatic N) is 1. The van der Waals surface area contributed by atoms with E-state index in [-0.39, 0.29) is 11.0 Å². The van der Waals surface area contributed by atoms with E-state index in [1.54, 1.807) is 48.5 Å². The van der Waals surface area contributed by atoms with E-state index in [1.807, 2.05) is 12.1 Å². The Kier molecular flexibility index (Phi) is 2.87. The third kappa shape index (κ3) is 2.03. The summed E-state index contributed by atoms with van der Waals surface area (Å²) in [5.41, 5.74) is 1.25. The van der Waals surface area contributed by atoms with Crippen LogP contribution in [0.25, 0.3) is 0 Å². The van der Waals surface area contributed by atoms with E-state index in [2.05, 4.69) is 0 Å². The van der Waals surface area contributed by atoms with E-state index in [1.165, 1.54) is 0 Å². The summed E-state index contributed by atoms with van der Waals surface area (Å²) in [5, 5.41) is 11.1. The number of benzene rings is 2. The monoisotopic (exact) mass is 212 g/mol. The van der Waals surface area contributed by atoms with Crippen molar-refractivity contribution in [1.82, 2.24) is 0 Å². The van der Waals surface area contributed by atoms with Crippen molar-refractivity contribution < 1.29 is 4.92 Å². The highest BCUT2D eigenvalue weighted by Crippen LogP contribution is 2.23. The Bertz CT molecular complexity index is 428. The molecule has 0 saturated carbocycles. The second-order valence-corrected chi connectivity index (χ2v) is 3.34. The molecule has 2 aromatic carbocycles. The predicted molar refractivity (Wildman–Crippen MR) is 61.3 cm³/mol. The molecule has 0 fully saturated rings. The zero-order chi connectivity index (χ0) is 11.4. The van der Waals surface area contributed by atoms with E-state index in [0.29, 0.717) is 11.1 Å². The van der Waals surface area contributed by atoms with E-state index in [4.69, 9.17) is 0 Å². The van der Waals surface area contributed by atoms with Gasteiger partial charge in [-0.15, -0.1) is 0 Å². The molecule has 16 heavy (non-hydrogen) atoms. The number of nitro groups is 1. The van der Waals surface area contributed by atoms with Gasteiger partial charge in [0.25, 0.3) is 0 Å². The molecule has 0 saturated heterocycles. The zero-order valence-electron chi connectivity index (χ0n) is 8.54. The van der Waals surface area contributed by atoms with Gasteiger partial charge in [0.15, 0.2) is 11.1 Å². The molecule has 0 radical (unpaired) electrons. The van der Waals surface area contributed by atoms with Crippen LogP contribution in [0.2, 0.25) is 0 Å². The fraction of sp³-hybridized carbons (Fsp3) is 0. The molecular weight excluding hydrogens is 202 g/mol. The summed E-state index contributed by atoms with van der Waals surface area (Å²) in [7, 11) is 0. The molecule has 0 aliphatic heterocycles. The quantitative estimate of drug-likeness (QED) is 0.446. The van der Waals surface area contributed by atoms with Crippen molar-refractivity contribution in [2.24, 2.45) is 0 Å². The Labute approximate surface area is 93.5 Å². The predicted octanol–water partition coefficient (Wildman–Crippen LogP) is 2.89. The van der Waals surface area contributed by atoms with Gasteiger partial charge in [0.05, 0.1) is 0 Å². The van der Waals surface area contributed by atoms with Crippen LogP contribution in [0.5, 0.6) is 0 Å². The second-order valence-electron chi connectivity index (χ2n) is 3.34. The molecule has 3 nitrogen and oxygen atoms in total. The highest BCUT2D eigenvalue weighted by atomic mass is 16.6. The SMILES string of the molecule is O=[N+]([O-])[C+](c1ccccc1)c1ccccc1. The van der Waals surface area contributed by atoms with Crippen LogP contribution in [-0.4, -0.2) is 4.92 Å². The lowest BCUT2D eigenvalue weighted by Crippen LogP contribution is -2.12. The number of hydrogen-bond donors (Lipinski definition) is 0. The third-order valence-corrected chi connectivity index (χ3v) is 2.28.